The minimum absolute atomic E-state index is 0.299. The number of methoxy groups -OCH3 is 2. The van der Waals surface area contributed by atoms with E-state index in [1.165, 1.54) is 11.3 Å². The molecule has 0 aliphatic carbocycles. The summed E-state index contributed by atoms with van der Waals surface area (Å²) >= 11 is 1.32. The average Bonchev–Trinajstić information content (AvgIpc) is 3.31. The Hall–Kier alpha value is -4.15. The fraction of sp³-hybridized carbons (Fsp3) is 0.0800. The molecule has 0 spiro atoms. The number of carbonyl (C=O) groups excluding carboxylic acids is 1. The maximum absolute atomic E-state index is 13.1. The highest BCUT2D eigenvalue weighted by molar-refractivity contribution is 7.14. The Balaban J connectivity index is 1.64. The SMILES string of the molecule is COc1ccc(OC)c(-c2csc(NC(=O)c3ccccc3-c3ccccc3C#N)n2)c1. The van der Waals surface area contributed by atoms with Gasteiger partial charge in [0.1, 0.15) is 11.5 Å². The first-order chi connectivity index (χ1) is 15.6. The van der Waals surface area contributed by atoms with Gasteiger partial charge in [-0.2, -0.15) is 5.26 Å². The lowest BCUT2D eigenvalue weighted by molar-refractivity contribution is 0.102. The van der Waals surface area contributed by atoms with E-state index in [0.29, 0.717) is 44.6 Å². The smallest absolute Gasteiger partial charge is 0.258 e. The molecule has 3 aromatic carbocycles. The van der Waals surface area contributed by atoms with Gasteiger partial charge >= 0.3 is 0 Å². The Kier molecular flexibility index (Phi) is 6.15. The highest BCUT2D eigenvalue weighted by Gasteiger charge is 2.17. The van der Waals surface area contributed by atoms with Crippen LogP contribution in [0.3, 0.4) is 0 Å². The molecule has 0 saturated heterocycles. The van der Waals surface area contributed by atoms with E-state index in [0.717, 1.165) is 5.56 Å². The quantitative estimate of drug-likeness (QED) is 0.420. The second-order valence-corrected chi connectivity index (χ2v) is 7.62. The molecule has 1 heterocycles. The summed E-state index contributed by atoms with van der Waals surface area (Å²) in [7, 11) is 3.19. The van der Waals surface area contributed by atoms with Gasteiger partial charge < -0.3 is 9.47 Å². The first-order valence-electron chi connectivity index (χ1n) is 9.72. The molecule has 0 unspecified atom stereocenters. The molecule has 0 fully saturated rings. The lowest BCUT2D eigenvalue weighted by Gasteiger charge is -2.10. The summed E-state index contributed by atoms with van der Waals surface area (Å²) in [6.07, 6.45) is 0. The minimum atomic E-state index is -0.299. The molecule has 0 aliphatic rings. The number of anilines is 1. The maximum Gasteiger partial charge on any atom is 0.258 e. The summed E-state index contributed by atoms with van der Waals surface area (Å²) in [4.78, 5) is 17.7. The number of nitriles is 1. The number of aromatic nitrogens is 1. The lowest BCUT2D eigenvalue weighted by atomic mass is 9.95. The predicted octanol–water partition coefficient (Wildman–Crippen LogP) is 5.62. The first-order valence-corrected chi connectivity index (χ1v) is 10.6. The fourth-order valence-corrected chi connectivity index (χ4v) is 4.07. The van der Waals surface area contributed by atoms with E-state index in [1.54, 1.807) is 38.5 Å². The Morgan fingerprint density at radius 1 is 0.969 bits per heavy atom. The molecular weight excluding hydrogens is 422 g/mol. The number of hydrogen-bond donors (Lipinski definition) is 1. The van der Waals surface area contributed by atoms with Crippen molar-refractivity contribution in [3.63, 3.8) is 0 Å². The van der Waals surface area contributed by atoms with Crippen molar-refractivity contribution in [3.8, 4) is 40.0 Å². The number of amides is 1. The van der Waals surface area contributed by atoms with Crippen LogP contribution in [0.5, 0.6) is 11.5 Å². The van der Waals surface area contributed by atoms with E-state index in [-0.39, 0.29) is 5.91 Å². The Morgan fingerprint density at radius 3 is 2.47 bits per heavy atom. The van der Waals surface area contributed by atoms with Gasteiger partial charge in [0, 0.05) is 22.1 Å². The van der Waals surface area contributed by atoms with E-state index in [1.807, 2.05) is 47.8 Å². The molecule has 0 bridgehead atoms. The van der Waals surface area contributed by atoms with Crippen LogP contribution in [-0.2, 0) is 0 Å². The van der Waals surface area contributed by atoms with Gasteiger partial charge in [-0.05, 0) is 35.9 Å². The van der Waals surface area contributed by atoms with E-state index in [4.69, 9.17) is 9.47 Å². The van der Waals surface area contributed by atoms with E-state index >= 15 is 0 Å². The topological polar surface area (TPSA) is 84.2 Å². The summed E-state index contributed by atoms with van der Waals surface area (Å²) in [5, 5.41) is 14.6. The van der Waals surface area contributed by atoms with Crippen LogP contribution in [0.15, 0.2) is 72.1 Å². The van der Waals surface area contributed by atoms with Crippen molar-refractivity contribution in [2.45, 2.75) is 0 Å². The van der Waals surface area contributed by atoms with Crippen molar-refractivity contribution in [1.29, 1.82) is 5.26 Å². The number of carbonyl (C=O) groups is 1. The second-order valence-electron chi connectivity index (χ2n) is 6.76. The molecule has 0 radical (unpaired) electrons. The summed E-state index contributed by atoms with van der Waals surface area (Å²) in [5.74, 6) is 1.05. The molecule has 0 saturated carbocycles. The Bertz CT molecular complexity index is 1320. The molecule has 4 aromatic rings. The summed E-state index contributed by atoms with van der Waals surface area (Å²) in [6, 6.07) is 22.1. The van der Waals surface area contributed by atoms with Crippen molar-refractivity contribution >= 4 is 22.4 Å². The molecule has 1 amide bonds. The molecule has 158 valence electrons. The number of rotatable bonds is 6. The Morgan fingerprint density at radius 2 is 1.72 bits per heavy atom. The van der Waals surface area contributed by atoms with E-state index in [9.17, 15) is 10.1 Å². The predicted molar refractivity (Wildman–Crippen MR) is 125 cm³/mol. The third kappa shape index (κ3) is 4.17. The molecule has 0 atom stereocenters. The van der Waals surface area contributed by atoms with Crippen LogP contribution in [0, 0.1) is 11.3 Å². The van der Waals surface area contributed by atoms with Crippen LogP contribution in [0.1, 0.15) is 15.9 Å². The number of nitrogens with zero attached hydrogens (tertiary/aromatic N) is 2. The van der Waals surface area contributed by atoms with Crippen LogP contribution in [0.25, 0.3) is 22.4 Å². The van der Waals surface area contributed by atoms with Gasteiger partial charge in [0.25, 0.3) is 5.91 Å². The van der Waals surface area contributed by atoms with Crippen LogP contribution < -0.4 is 14.8 Å². The highest BCUT2D eigenvalue weighted by atomic mass is 32.1. The van der Waals surface area contributed by atoms with Crippen molar-refractivity contribution in [1.82, 2.24) is 4.98 Å². The monoisotopic (exact) mass is 441 g/mol. The van der Waals surface area contributed by atoms with Crippen molar-refractivity contribution in [3.05, 3.63) is 83.2 Å². The molecule has 32 heavy (non-hydrogen) atoms. The maximum atomic E-state index is 13.1. The van der Waals surface area contributed by atoms with Crippen LogP contribution in [0.4, 0.5) is 5.13 Å². The summed E-state index contributed by atoms with van der Waals surface area (Å²) in [6.45, 7) is 0. The largest absolute Gasteiger partial charge is 0.497 e. The number of hydrogen-bond acceptors (Lipinski definition) is 6. The first kappa shape index (κ1) is 21.1. The third-order valence-corrected chi connectivity index (χ3v) is 5.67. The molecule has 0 aliphatic heterocycles. The zero-order chi connectivity index (χ0) is 22.5. The number of thiazole rings is 1. The van der Waals surface area contributed by atoms with Gasteiger partial charge in [-0.25, -0.2) is 4.98 Å². The summed E-state index contributed by atoms with van der Waals surface area (Å²) in [5.41, 5.74) is 3.81. The van der Waals surface area contributed by atoms with E-state index < -0.39 is 0 Å². The number of benzene rings is 3. The zero-order valence-electron chi connectivity index (χ0n) is 17.5. The fourth-order valence-electron chi connectivity index (χ4n) is 3.37. The van der Waals surface area contributed by atoms with Gasteiger partial charge in [0.2, 0.25) is 0 Å². The van der Waals surface area contributed by atoms with Crippen molar-refractivity contribution < 1.29 is 14.3 Å². The minimum Gasteiger partial charge on any atom is -0.497 e. The molecule has 1 aromatic heterocycles. The van der Waals surface area contributed by atoms with Crippen molar-refractivity contribution in [2.75, 3.05) is 19.5 Å². The van der Waals surface area contributed by atoms with Gasteiger partial charge in [-0.3, -0.25) is 10.1 Å². The van der Waals surface area contributed by atoms with Gasteiger partial charge in [-0.1, -0.05) is 36.4 Å². The standard InChI is InChI=1S/C25H19N3O3S/c1-30-17-11-12-23(31-2)21(13-17)22-15-32-25(27-22)28-24(29)20-10-6-5-9-19(20)18-8-4-3-7-16(18)14-26/h3-13,15H,1-2H3,(H,27,28,29). The van der Waals surface area contributed by atoms with Crippen LogP contribution in [0.2, 0.25) is 0 Å². The molecule has 7 heteroatoms. The highest BCUT2D eigenvalue weighted by Crippen LogP contribution is 2.35. The van der Waals surface area contributed by atoms with Crippen LogP contribution in [-0.4, -0.2) is 25.1 Å². The van der Waals surface area contributed by atoms with E-state index in [2.05, 4.69) is 16.4 Å². The molecule has 6 nitrogen and oxygen atoms in total. The number of ether oxygens (including phenoxy) is 2. The van der Waals surface area contributed by atoms with Crippen molar-refractivity contribution in [2.24, 2.45) is 0 Å². The Labute approximate surface area is 189 Å². The normalized spacial score (nSPS) is 10.3. The van der Waals surface area contributed by atoms with Gasteiger partial charge in [0.05, 0.1) is 31.5 Å². The molecular formula is C25H19N3O3S. The third-order valence-electron chi connectivity index (χ3n) is 4.92. The average molecular weight is 442 g/mol. The van der Waals surface area contributed by atoms with Gasteiger partial charge in [0.15, 0.2) is 5.13 Å². The number of nitrogens with one attached hydrogen (secondary N) is 1. The van der Waals surface area contributed by atoms with Crippen LogP contribution >= 0.6 is 11.3 Å². The molecule has 4 rings (SSSR count). The van der Waals surface area contributed by atoms with Gasteiger partial charge in [-0.15, -0.1) is 11.3 Å². The second kappa shape index (κ2) is 9.33. The zero-order valence-corrected chi connectivity index (χ0v) is 18.3. The summed E-state index contributed by atoms with van der Waals surface area (Å²) < 4.78 is 10.7. The molecule has 1 N–H and O–H groups in total. The lowest BCUT2D eigenvalue weighted by Crippen LogP contribution is -2.13.